The molecule has 5 heteroatoms. The standard InChI is InChI=1S/C11H9NO4/c1-2-3-10(14)12-7-4-5-9(13)8(6-7)11(15)16/h1,4-6,13H,3H2,(H,12,14)(H,15,16). The molecule has 0 aliphatic rings. The van der Waals surface area contributed by atoms with Crippen molar-refractivity contribution in [2.24, 2.45) is 0 Å². The minimum atomic E-state index is -1.27. The SMILES string of the molecule is C#CCC(=O)Nc1ccc(O)c(C(=O)O)c1. The maximum Gasteiger partial charge on any atom is 0.339 e. The van der Waals surface area contributed by atoms with Gasteiger partial charge in [-0.2, -0.15) is 0 Å². The summed E-state index contributed by atoms with van der Waals surface area (Å²) in [5.74, 6) is 0.115. The van der Waals surface area contributed by atoms with Gasteiger partial charge in [-0.05, 0) is 18.2 Å². The predicted molar refractivity (Wildman–Crippen MR) is 57.1 cm³/mol. The summed E-state index contributed by atoms with van der Waals surface area (Å²) in [6.07, 6.45) is 4.85. The number of hydrogen-bond donors (Lipinski definition) is 3. The molecule has 0 unspecified atom stereocenters. The first kappa shape index (κ1) is 11.6. The molecule has 0 radical (unpaired) electrons. The van der Waals surface area contributed by atoms with E-state index in [1.807, 2.05) is 0 Å². The lowest BCUT2D eigenvalue weighted by atomic mass is 10.2. The number of benzene rings is 1. The third kappa shape index (κ3) is 2.75. The summed E-state index contributed by atoms with van der Waals surface area (Å²) in [5.41, 5.74) is -0.00559. The van der Waals surface area contributed by atoms with E-state index in [1.54, 1.807) is 0 Å². The molecule has 5 nitrogen and oxygen atoms in total. The molecule has 1 aromatic carbocycles. The molecule has 1 amide bonds. The smallest absolute Gasteiger partial charge is 0.339 e. The van der Waals surface area contributed by atoms with Crippen LogP contribution in [0.4, 0.5) is 5.69 Å². The molecule has 0 atom stereocenters. The molecule has 0 saturated heterocycles. The largest absolute Gasteiger partial charge is 0.507 e. The van der Waals surface area contributed by atoms with E-state index in [1.165, 1.54) is 12.1 Å². The van der Waals surface area contributed by atoms with Crippen molar-refractivity contribution < 1.29 is 19.8 Å². The first-order chi connectivity index (χ1) is 7.54. The van der Waals surface area contributed by atoms with Gasteiger partial charge in [-0.3, -0.25) is 4.79 Å². The van der Waals surface area contributed by atoms with Gasteiger partial charge >= 0.3 is 5.97 Å². The normalized spacial score (nSPS) is 9.19. The Morgan fingerprint density at radius 2 is 2.12 bits per heavy atom. The second-order valence-corrected chi connectivity index (χ2v) is 2.97. The monoisotopic (exact) mass is 219 g/mol. The Balaban J connectivity index is 2.92. The number of carboxylic acids is 1. The Bertz CT molecular complexity index is 473. The van der Waals surface area contributed by atoms with Gasteiger partial charge < -0.3 is 15.5 Å². The van der Waals surface area contributed by atoms with Crippen molar-refractivity contribution in [2.75, 3.05) is 5.32 Å². The molecule has 16 heavy (non-hydrogen) atoms. The highest BCUT2D eigenvalue weighted by Gasteiger charge is 2.10. The Hall–Kier alpha value is -2.48. The quantitative estimate of drug-likeness (QED) is 0.524. The highest BCUT2D eigenvalue weighted by molar-refractivity contribution is 5.96. The van der Waals surface area contributed by atoms with Crippen molar-refractivity contribution in [2.45, 2.75) is 6.42 Å². The van der Waals surface area contributed by atoms with Gasteiger partial charge in [0.15, 0.2) is 0 Å². The van der Waals surface area contributed by atoms with Gasteiger partial charge in [-0.15, -0.1) is 6.42 Å². The fourth-order valence-electron chi connectivity index (χ4n) is 1.08. The predicted octanol–water partition coefficient (Wildman–Crippen LogP) is 1.05. The lowest BCUT2D eigenvalue weighted by Gasteiger charge is -2.05. The molecule has 0 saturated carbocycles. The van der Waals surface area contributed by atoms with Gasteiger partial charge in [0, 0.05) is 5.69 Å². The van der Waals surface area contributed by atoms with Crippen molar-refractivity contribution in [3.8, 4) is 18.1 Å². The van der Waals surface area contributed by atoms with Crippen LogP contribution in [0.3, 0.4) is 0 Å². The molecule has 0 heterocycles. The number of phenols is 1. The fourth-order valence-corrected chi connectivity index (χ4v) is 1.08. The van der Waals surface area contributed by atoms with Gasteiger partial charge in [-0.1, -0.05) is 5.92 Å². The van der Waals surface area contributed by atoms with E-state index < -0.39 is 11.9 Å². The summed E-state index contributed by atoms with van der Waals surface area (Å²) in [7, 11) is 0. The molecule has 3 N–H and O–H groups in total. The van der Waals surface area contributed by atoms with E-state index >= 15 is 0 Å². The van der Waals surface area contributed by atoms with Crippen LogP contribution in [-0.4, -0.2) is 22.1 Å². The molecule has 0 fully saturated rings. The zero-order valence-corrected chi connectivity index (χ0v) is 8.23. The zero-order chi connectivity index (χ0) is 12.1. The van der Waals surface area contributed by atoms with E-state index in [4.69, 9.17) is 11.5 Å². The van der Waals surface area contributed by atoms with Crippen molar-refractivity contribution in [3.63, 3.8) is 0 Å². The molecule has 1 rings (SSSR count). The average molecular weight is 219 g/mol. The third-order valence-corrected chi connectivity index (χ3v) is 1.77. The number of carbonyl (C=O) groups is 2. The van der Waals surface area contributed by atoms with Crippen molar-refractivity contribution in [1.82, 2.24) is 0 Å². The summed E-state index contributed by atoms with van der Waals surface area (Å²) in [5, 5.41) is 20.3. The maximum absolute atomic E-state index is 11.1. The van der Waals surface area contributed by atoms with Gasteiger partial charge in [-0.25, -0.2) is 4.79 Å². The van der Waals surface area contributed by atoms with Crippen LogP contribution < -0.4 is 5.32 Å². The number of carboxylic acid groups (broad SMARTS) is 1. The Labute approximate surface area is 91.7 Å². The van der Waals surface area contributed by atoms with Crippen LogP contribution in [-0.2, 0) is 4.79 Å². The van der Waals surface area contributed by atoms with E-state index in [9.17, 15) is 14.7 Å². The summed E-state index contributed by atoms with van der Waals surface area (Å²) in [6, 6.07) is 3.73. The van der Waals surface area contributed by atoms with Crippen LogP contribution in [0.1, 0.15) is 16.8 Å². The van der Waals surface area contributed by atoms with E-state index in [-0.39, 0.29) is 23.4 Å². The Morgan fingerprint density at radius 3 is 2.69 bits per heavy atom. The van der Waals surface area contributed by atoms with Gasteiger partial charge in [0.2, 0.25) is 5.91 Å². The minimum absolute atomic E-state index is 0.0940. The highest BCUT2D eigenvalue weighted by atomic mass is 16.4. The first-order valence-corrected chi connectivity index (χ1v) is 4.34. The Morgan fingerprint density at radius 1 is 1.44 bits per heavy atom. The van der Waals surface area contributed by atoms with Crippen molar-refractivity contribution in [3.05, 3.63) is 23.8 Å². The van der Waals surface area contributed by atoms with Crippen LogP contribution in [0.25, 0.3) is 0 Å². The molecule has 1 aromatic rings. The number of nitrogens with one attached hydrogen (secondary N) is 1. The summed E-state index contributed by atoms with van der Waals surface area (Å²) < 4.78 is 0. The third-order valence-electron chi connectivity index (χ3n) is 1.77. The van der Waals surface area contributed by atoms with Gasteiger partial charge in [0.25, 0.3) is 0 Å². The molecule has 82 valence electrons. The summed E-state index contributed by atoms with van der Waals surface area (Å²) in [4.78, 5) is 21.8. The number of terminal acetylenes is 1. The Kier molecular flexibility index (Phi) is 3.51. The maximum atomic E-state index is 11.1. The topological polar surface area (TPSA) is 86.6 Å². The molecular formula is C11H9NO4. The van der Waals surface area contributed by atoms with Crippen LogP contribution in [0, 0.1) is 12.3 Å². The number of carbonyl (C=O) groups excluding carboxylic acids is 1. The number of anilines is 1. The van der Waals surface area contributed by atoms with Crippen LogP contribution in [0.2, 0.25) is 0 Å². The van der Waals surface area contributed by atoms with Crippen LogP contribution in [0.5, 0.6) is 5.75 Å². The van der Waals surface area contributed by atoms with Crippen LogP contribution in [0.15, 0.2) is 18.2 Å². The zero-order valence-electron chi connectivity index (χ0n) is 8.23. The van der Waals surface area contributed by atoms with Gasteiger partial charge in [0.05, 0.1) is 6.42 Å². The lowest BCUT2D eigenvalue weighted by molar-refractivity contribution is -0.115. The second kappa shape index (κ2) is 4.84. The van der Waals surface area contributed by atoms with E-state index in [0.717, 1.165) is 6.07 Å². The van der Waals surface area contributed by atoms with Crippen molar-refractivity contribution in [1.29, 1.82) is 0 Å². The highest BCUT2D eigenvalue weighted by Crippen LogP contribution is 2.21. The second-order valence-electron chi connectivity index (χ2n) is 2.97. The first-order valence-electron chi connectivity index (χ1n) is 4.34. The number of aromatic carboxylic acids is 1. The van der Waals surface area contributed by atoms with E-state index in [0.29, 0.717) is 0 Å². The van der Waals surface area contributed by atoms with Crippen molar-refractivity contribution >= 4 is 17.6 Å². The number of rotatable bonds is 3. The molecule has 0 bridgehead atoms. The molecular weight excluding hydrogens is 210 g/mol. The number of hydrogen-bond acceptors (Lipinski definition) is 3. The molecule has 0 aromatic heterocycles. The fraction of sp³-hybridized carbons (Fsp3) is 0.0909. The molecule has 0 aliphatic carbocycles. The minimum Gasteiger partial charge on any atom is -0.507 e. The average Bonchev–Trinajstić information content (AvgIpc) is 2.21. The van der Waals surface area contributed by atoms with E-state index in [2.05, 4.69) is 11.2 Å². The molecule has 0 spiro atoms. The number of aromatic hydroxyl groups is 1. The van der Waals surface area contributed by atoms with Gasteiger partial charge in [0.1, 0.15) is 11.3 Å². The summed E-state index contributed by atoms with van der Waals surface area (Å²) in [6.45, 7) is 0. The summed E-state index contributed by atoms with van der Waals surface area (Å²) >= 11 is 0. The molecule has 0 aliphatic heterocycles. The number of amides is 1. The van der Waals surface area contributed by atoms with Crippen LogP contribution >= 0.6 is 0 Å². The lowest BCUT2D eigenvalue weighted by Crippen LogP contribution is -2.10.